The van der Waals surface area contributed by atoms with E-state index in [0.29, 0.717) is 6.08 Å². The SMILES string of the molecule is N=C(N)[C@H]1C=C(C(F)(F)F)C=C(C(F)(F)F)C1. The molecular weight excluding hydrogens is 250 g/mol. The molecule has 1 aliphatic rings. The Morgan fingerprint density at radius 1 is 1.18 bits per heavy atom. The second kappa shape index (κ2) is 4.08. The van der Waals surface area contributed by atoms with Crippen molar-refractivity contribution in [1.29, 1.82) is 5.41 Å². The summed E-state index contributed by atoms with van der Waals surface area (Å²) in [6, 6.07) is 0. The monoisotopic (exact) mass is 258 g/mol. The molecule has 0 aliphatic heterocycles. The minimum atomic E-state index is -4.88. The minimum absolute atomic E-state index is 0.0550. The summed E-state index contributed by atoms with van der Waals surface area (Å²) in [7, 11) is 0. The number of rotatable bonds is 1. The van der Waals surface area contributed by atoms with Gasteiger partial charge in [-0.25, -0.2) is 0 Å². The van der Waals surface area contributed by atoms with E-state index in [0.717, 1.165) is 0 Å². The molecular formula is C9H8F6N2. The lowest BCUT2D eigenvalue weighted by Crippen LogP contribution is -2.29. The Kier molecular flexibility index (Phi) is 3.26. The fraction of sp³-hybridized carbons (Fsp3) is 0.444. The van der Waals surface area contributed by atoms with Crippen LogP contribution in [0.25, 0.3) is 0 Å². The quantitative estimate of drug-likeness (QED) is 0.424. The number of nitrogens with one attached hydrogen (secondary N) is 1. The number of hydrogen-bond acceptors (Lipinski definition) is 1. The van der Waals surface area contributed by atoms with Crippen molar-refractivity contribution in [3.05, 3.63) is 23.3 Å². The fourth-order valence-electron chi connectivity index (χ4n) is 1.38. The van der Waals surface area contributed by atoms with Crippen LogP contribution in [0.4, 0.5) is 26.3 Å². The molecule has 8 heteroatoms. The predicted molar refractivity (Wildman–Crippen MR) is 48.3 cm³/mol. The summed E-state index contributed by atoms with van der Waals surface area (Å²) < 4.78 is 74.1. The number of alkyl halides is 6. The van der Waals surface area contributed by atoms with Gasteiger partial charge in [-0.3, -0.25) is 5.41 Å². The van der Waals surface area contributed by atoms with E-state index in [4.69, 9.17) is 11.1 Å². The summed E-state index contributed by atoms with van der Waals surface area (Å²) in [5, 5.41) is 6.95. The van der Waals surface area contributed by atoms with Crippen molar-refractivity contribution in [3.63, 3.8) is 0 Å². The lowest BCUT2D eigenvalue weighted by molar-refractivity contribution is -0.0993. The van der Waals surface area contributed by atoms with Crippen LogP contribution in [0.2, 0.25) is 0 Å². The maximum atomic E-state index is 12.4. The Morgan fingerprint density at radius 2 is 1.71 bits per heavy atom. The molecule has 0 spiro atoms. The van der Waals surface area contributed by atoms with E-state index in [1.165, 1.54) is 0 Å². The molecule has 0 aromatic heterocycles. The molecule has 96 valence electrons. The van der Waals surface area contributed by atoms with Gasteiger partial charge in [-0.05, 0) is 12.5 Å². The highest BCUT2D eigenvalue weighted by Crippen LogP contribution is 2.39. The second-order valence-corrected chi connectivity index (χ2v) is 3.55. The first-order valence-corrected chi connectivity index (χ1v) is 4.42. The molecule has 1 atom stereocenters. The highest BCUT2D eigenvalue weighted by molar-refractivity contribution is 5.82. The molecule has 0 fully saturated rings. The second-order valence-electron chi connectivity index (χ2n) is 3.55. The Hall–Kier alpha value is -1.47. The van der Waals surface area contributed by atoms with Crippen molar-refractivity contribution < 1.29 is 26.3 Å². The first kappa shape index (κ1) is 13.6. The lowest BCUT2D eigenvalue weighted by atomic mass is 9.89. The van der Waals surface area contributed by atoms with E-state index in [1.807, 2.05) is 0 Å². The van der Waals surface area contributed by atoms with Crippen LogP contribution in [-0.2, 0) is 0 Å². The highest BCUT2D eigenvalue weighted by Gasteiger charge is 2.42. The zero-order chi connectivity index (χ0) is 13.4. The lowest BCUT2D eigenvalue weighted by Gasteiger charge is -2.23. The summed E-state index contributed by atoms with van der Waals surface area (Å²) in [5.41, 5.74) is 2.21. The summed E-state index contributed by atoms with van der Waals surface area (Å²) in [6.45, 7) is 0. The minimum Gasteiger partial charge on any atom is -0.387 e. The van der Waals surface area contributed by atoms with Gasteiger partial charge in [-0.2, -0.15) is 26.3 Å². The van der Waals surface area contributed by atoms with Gasteiger partial charge < -0.3 is 5.73 Å². The van der Waals surface area contributed by atoms with Crippen molar-refractivity contribution in [1.82, 2.24) is 0 Å². The third-order valence-electron chi connectivity index (χ3n) is 2.24. The number of amidine groups is 1. The molecule has 0 aromatic rings. The third kappa shape index (κ3) is 3.24. The molecule has 2 nitrogen and oxygen atoms in total. The summed E-state index contributed by atoms with van der Waals surface area (Å²) >= 11 is 0. The zero-order valence-electron chi connectivity index (χ0n) is 8.28. The fourth-order valence-corrected chi connectivity index (χ4v) is 1.38. The van der Waals surface area contributed by atoms with Crippen LogP contribution in [0.5, 0.6) is 0 Å². The van der Waals surface area contributed by atoms with Crippen LogP contribution in [-0.4, -0.2) is 18.2 Å². The summed E-state index contributed by atoms with van der Waals surface area (Å²) in [4.78, 5) is 0. The van der Waals surface area contributed by atoms with Gasteiger partial charge in [-0.15, -0.1) is 0 Å². The molecule has 1 aliphatic carbocycles. The molecule has 3 N–H and O–H groups in total. The average Bonchev–Trinajstić information content (AvgIpc) is 2.14. The summed E-state index contributed by atoms with van der Waals surface area (Å²) in [5.74, 6) is -2.09. The number of allylic oxidation sites excluding steroid dienone is 3. The average molecular weight is 258 g/mol. The number of nitrogens with two attached hydrogens (primary N) is 1. The molecule has 0 radical (unpaired) electrons. The van der Waals surface area contributed by atoms with Gasteiger partial charge >= 0.3 is 12.4 Å². The van der Waals surface area contributed by atoms with E-state index in [9.17, 15) is 26.3 Å². The van der Waals surface area contributed by atoms with Crippen LogP contribution in [0, 0.1) is 11.3 Å². The van der Waals surface area contributed by atoms with E-state index in [1.54, 1.807) is 0 Å². The number of hydrogen-bond donors (Lipinski definition) is 2. The van der Waals surface area contributed by atoms with E-state index in [-0.39, 0.29) is 6.08 Å². The Bertz CT molecular complexity index is 387. The normalized spacial score (nSPS) is 21.9. The maximum absolute atomic E-state index is 12.4. The van der Waals surface area contributed by atoms with E-state index < -0.39 is 41.7 Å². The first-order chi connectivity index (χ1) is 7.51. The predicted octanol–water partition coefficient (Wildman–Crippen LogP) is 2.92. The van der Waals surface area contributed by atoms with E-state index in [2.05, 4.69) is 0 Å². The Balaban J connectivity index is 3.17. The van der Waals surface area contributed by atoms with Gasteiger partial charge in [0, 0.05) is 11.5 Å². The van der Waals surface area contributed by atoms with Gasteiger partial charge in [0.1, 0.15) is 0 Å². The van der Waals surface area contributed by atoms with Crippen LogP contribution in [0.3, 0.4) is 0 Å². The maximum Gasteiger partial charge on any atom is 0.416 e. The molecule has 0 unspecified atom stereocenters. The highest BCUT2D eigenvalue weighted by atomic mass is 19.4. The van der Waals surface area contributed by atoms with Crippen LogP contribution in [0.1, 0.15) is 6.42 Å². The molecule has 0 amide bonds. The van der Waals surface area contributed by atoms with Gasteiger partial charge in [-0.1, -0.05) is 6.08 Å². The van der Waals surface area contributed by atoms with Crippen molar-refractivity contribution in [2.24, 2.45) is 11.7 Å². The molecule has 0 heterocycles. The van der Waals surface area contributed by atoms with Crippen molar-refractivity contribution in [2.45, 2.75) is 18.8 Å². The molecule has 0 bridgehead atoms. The van der Waals surface area contributed by atoms with Crippen molar-refractivity contribution in [2.75, 3.05) is 0 Å². The molecule has 0 aromatic carbocycles. The summed E-state index contributed by atoms with van der Waals surface area (Å²) in [6.07, 6.45) is -9.88. The molecule has 17 heavy (non-hydrogen) atoms. The largest absolute Gasteiger partial charge is 0.416 e. The van der Waals surface area contributed by atoms with E-state index >= 15 is 0 Å². The third-order valence-corrected chi connectivity index (χ3v) is 2.24. The van der Waals surface area contributed by atoms with Crippen molar-refractivity contribution >= 4 is 5.84 Å². The van der Waals surface area contributed by atoms with Gasteiger partial charge in [0.25, 0.3) is 0 Å². The Labute approximate surface area is 92.3 Å². The standard InChI is InChI=1S/C9H8F6N2/c10-8(11,12)5-1-4(7(16)17)2-6(3-5)9(13,14)15/h1,3-4H,2H2,(H3,16,17)/t4-/m0/s1. The van der Waals surface area contributed by atoms with Crippen LogP contribution in [0.15, 0.2) is 23.3 Å². The smallest absolute Gasteiger partial charge is 0.387 e. The van der Waals surface area contributed by atoms with Crippen molar-refractivity contribution in [3.8, 4) is 0 Å². The molecule has 1 rings (SSSR count). The first-order valence-electron chi connectivity index (χ1n) is 4.42. The number of halogens is 6. The van der Waals surface area contributed by atoms with Gasteiger partial charge in [0.2, 0.25) is 0 Å². The van der Waals surface area contributed by atoms with Gasteiger partial charge in [0.05, 0.1) is 11.4 Å². The molecule has 0 saturated carbocycles. The van der Waals surface area contributed by atoms with Crippen LogP contribution < -0.4 is 5.73 Å². The molecule has 0 saturated heterocycles. The van der Waals surface area contributed by atoms with Crippen LogP contribution >= 0.6 is 0 Å². The van der Waals surface area contributed by atoms with Gasteiger partial charge in [0.15, 0.2) is 0 Å². The zero-order valence-corrected chi connectivity index (χ0v) is 8.28. The Morgan fingerprint density at radius 3 is 2.06 bits per heavy atom. The topological polar surface area (TPSA) is 49.9 Å².